The van der Waals surface area contributed by atoms with Gasteiger partial charge in [0.2, 0.25) is 0 Å². The summed E-state index contributed by atoms with van der Waals surface area (Å²) < 4.78 is 0.801. The van der Waals surface area contributed by atoms with E-state index in [2.05, 4.69) is 15.1 Å². The van der Waals surface area contributed by atoms with E-state index in [0.29, 0.717) is 11.4 Å². The van der Waals surface area contributed by atoms with Gasteiger partial charge in [-0.25, -0.2) is 0 Å². The first kappa shape index (κ1) is 14.0. The predicted molar refractivity (Wildman–Crippen MR) is 79.8 cm³/mol. The standard InChI is InChI=1S/C15H18N4O/c1-11-9-13(5-6-15(11)18(3)4)16-17-14-7-8-19(20)12(2)10-14/h5-10H,1-4H3. The average Bonchev–Trinajstić information content (AvgIpc) is 2.40. The highest BCUT2D eigenvalue weighted by molar-refractivity contribution is 5.58. The number of azo groups is 1. The lowest BCUT2D eigenvalue weighted by atomic mass is 10.1. The SMILES string of the molecule is Cc1cc(N=Nc2cc[n+]([O-])c(C)c2)ccc1N(C)C. The minimum absolute atomic E-state index is 0.598. The topological polar surface area (TPSA) is 54.9 Å². The summed E-state index contributed by atoms with van der Waals surface area (Å²) in [7, 11) is 4.02. The molecule has 0 radical (unpaired) electrons. The molecule has 20 heavy (non-hydrogen) atoms. The van der Waals surface area contributed by atoms with Crippen LogP contribution in [0.3, 0.4) is 0 Å². The van der Waals surface area contributed by atoms with Gasteiger partial charge in [-0.15, -0.1) is 0 Å². The number of hydrogen-bond donors (Lipinski definition) is 0. The van der Waals surface area contributed by atoms with Crippen molar-refractivity contribution in [2.45, 2.75) is 13.8 Å². The smallest absolute Gasteiger partial charge is 0.191 e. The fourth-order valence-electron chi connectivity index (χ4n) is 1.97. The first-order valence-corrected chi connectivity index (χ1v) is 6.37. The molecule has 1 heterocycles. The van der Waals surface area contributed by atoms with Crippen molar-refractivity contribution in [1.29, 1.82) is 0 Å². The summed E-state index contributed by atoms with van der Waals surface area (Å²) in [5.41, 5.74) is 4.37. The molecule has 0 N–H and O–H groups in total. The van der Waals surface area contributed by atoms with Crippen molar-refractivity contribution in [3.8, 4) is 0 Å². The summed E-state index contributed by atoms with van der Waals surface area (Å²) in [4.78, 5) is 2.06. The van der Waals surface area contributed by atoms with Gasteiger partial charge in [0.05, 0.1) is 11.4 Å². The lowest BCUT2D eigenvalue weighted by Gasteiger charge is -2.15. The van der Waals surface area contributed by atoms with Crippen LogP contribution in [0.15, 0.2) is 46.8 Å². The summed E-state index contributed by atoms with van der Waals surface area (Å²) in [5, 5.41) is 19.6. The number of anilines is 1. The Morgan fingerprint density at radius 3 is 2.20 bits per heavy atom. The lowest BCUT2D eigenvalue weighted by Crippen LogP contribution is -2.28. The second kappa shape index (κ2) is 5.69. The Bertz CT molecular complexity index is 650. The fourth-order valence-corrected chi connectivity index (χ4v) is 1.97. The third-order valence-corrected chi connectivity index (χ3v) is 3.03. The number of pyridine rings is 1. The Hall–Kier alpha value is -2.43. The zero-order valence-electron chi connectivity index (χ0n) is 12.2. The van der Waals surface area contributed by atoms with E-state index in [0.717, 1.165) is 21.7 Å². The monoisotopic (exact) mass is 270 g/mol. The highest BCUT2D eigenvalue weighted by Gasteiger charge is 2.02. The van der Waals surface area contributed by atoms with Gasteiger partial charge in [-0.2, -0.15) is 15.0 Å². The van der Waals surface area contributed by atoms with Crippen molar-refractivity contribution in [3.63, 3.8) is 0 Å². The molecule has 0 aliphatic heterocycles. The van der Waals surface area contributed by atoms with Crippen LogP contribution in [0, 0.1) is 19.1 Å². The summed E-state index contributed by atoms with van der Waals surface area (Å²) in [6, 6.07) is 9.28. The van der Waals surface area contributed by atoms with E-state index in [1.54, 1.807) is 19.1 Å². The Morgan fingerprint density at radius 2 is 1.65 bits per heavy atom. The largest absolute Gasteiger partial charge is 0.619 e. The van der Waals surface area contributed by atoms with Gasteiger partial charge < -0.3 is 10.1 Å². The minimum Gasteiger partial charge on any atom is -0.619 e. The van der Waals surface area contributed by atoms with Gasteiger partial charge in [0.1, 0.15) is 0 Å². The second-order valence-electron chi connectivity index (χ2n) is 4.92. The van der Waals surface area contributed by atoms with E-state index in [1.165, 1.54) is 6.20 Å². The number of nitrogens with zero attached hydrogens (tertiary/aromatic N) is 4. The van der Waals surface area contributed by atoms with Gasteiger partial charge in [0, 0.05) is 38.8 Å². The van der Waals surface area contributed by atoms with Crippen LogP contribution < -0.4 is 9.63 Å². The Kier molecular flexibility index (Phi) is 3.98. The van der Waals surface area contributed by atoms with Crippen LogP contribution in [0.4, 0.5) is 17.1 Å². The molecule has 0 aliphatic carbocycles. The zero-order chi connectivity index (χ0) is 14.7. The number of hydrogen-bond acceptors (Lipinski definition) is 4. The van der Waals surface area contributed by atoms with Crippen LogP contribution in [0.1, 0.15) is 11.3 Å². The molecular formula is C15H18N4O. The molecule has 0 atom stereocenters. The molecule has 1 aromatic heterocycles. The van der Waals surface area contributed by atoms with Crippen LogP contribution in [-0.2, 0) is 0 Å². The Labute approximate surface area is 118 Å². The minimum atomic E-state index is 0.598. The highest BCUT2D eigenvalue weighted by Crippen LogP contribution is 2.25. The number of rotatable bonds is 3. The molecular weight excluding hydrogens is 252 g/mol. The van der Waals surface area contributed by atoms with Crippen molar-refractivity contribution in [2.75, 3.05) is 19.0 Å². The molecule has 0 unspecified atom stereocenters. The van der Waals surface area contributed by atoms with E-state index in [4.69, 9.17) is 0 Å². The third kappa shape index (κ3) is 3.12. The van der Waals surface area contributed by atoms with Crippen LogP contribution in [0.25, 0.3) is 0 Å². The fraction of sp³-hybridized carbons (Fsp3) is 0.267. The van der Waals surface area contributed by atoms with Crippen molar-refractivity contribution < 1.29 is 4.73 Å². The molecule has 5 heteroatoms. The van der Waals surface area contributed by atoms with Gasteiger partial charge >= 0.3 is 0 Å². The molecule has 0 fully saturated rings. The van der Waals surface area contributed by atoms with Gasteiger partial charge in [-0.1, -0.05) is 0 Å². The van der Waals surface area contributed by atoms with E-state index in [9.17, 15) is 5.21 Å². The van der Waals surface area contributed by atoms with E-state index < -0.39 is 0 Å². The molecule has 0 aliphatic rings. The van der Waals surface area contributed by atoms with E-state index in [-0.39, 0.29) is 0 Å². The van der Waals surface area contributed by atoms with Gasteiger partial charge in [0.25, 0.3) is 0 Å². The van der Waals surface area contributed by atoms with Crippen molar-refractivity contribution >= 4 is 17.1 Å². The zero-order valence-corrected chi connectivity index (χ0v) is 12.2. The molecule has 0 spiro atoms. The Balaban J connectivity index is 2.23. The molecule has 5 nitrogen and oxygen atoms in total. The molecule has 104 valence electrons. The molecule has 2 aromatic rings. The van der Waals surface area contributed by atoms with E-state index >= 15 is 0 Å². The van der Waals surface area contributed by atoms with Crippen molar-refractivity contribution in [2.24, 2.45) is 10.2 Å². The normalized spacial score (nSPS) is 11.0. The predicted octanol–water partition coefficient (Wildman–Crippen LogP) is 3.42. The third-order valence-electron chi connectivity index (χ3n) is 3.03. The van der Waals surface area contributed by atoms with E-state index in [1.807, 2.05) is 39.2 Å². The quantitative estimate of drug-likeness (QED) is 0.487. The number of aryl methyl sites for hydroxylation is 2. The summed E-state index contributed by atoms with van der Waals surface area (Å²) >= 11 is 0. The van der Waals surface area contributed by atoms with Crippen LogP contribution in [-0.4, -0.2) is 14.1 Å². The maximum Gasteiger partial charge on any atom is 0.191 e. The summed E-state index contributed by atoms with van der Waals surface area (Å²) in [5.74, 6) is 0. The molecule has 0 saturated heterocycles. The maximum absolute atomic E-state index is 11.2. The summed E-state index contributed by atoms with van der Waals surface area (Å²) in [6.07, 6.45) is 1.43. The molecule has 0 amide bonds. The first-order chi connectivity index (χ1) is 9.47. The Morgan fingerprint density at radius 1 is 1.00 bits per heavy atom. The number of benzene rings is 1. The summed E-state index contributed by atoms with van der Waals surface area (Å²) in [6.45, 7) is 3.78. The first-order valence-electron chi connectivity index (χ1n) is 6.37. The van der Waals surface area contributed by atoms with Crippen molar-refractivity contribution in [3.05, 3.63) is 53.0 Å². The van der Waals surface area contributed by atoms with Gasteiger partial charge in [-0.3, -0.25) is 0 Å². The average molecular weight is 270 g/mol. The van der Waals surface area contributed by atoms with Gasteiger partial charge in [-0.05, 0) is 30.7 Å². The highest BCUT2D eigenvalue weighted by atomic mass is 16.5. The second-order valence-corrected chi connectivity index (χ2v) is 4.92. The van der Waals surface area contributed by atoms with Crippen molar-refractivity contribution in [1.82, 2.24) is 0 Å². The van der Waals surface area contributed by atoms with Gasteiger partial charge in [0.15, 0.2) is 11.9 Å². The van der Waals surface area contributed by atoms with Crippen LogP contribution in [0.2, 0.25) is 0 Å². The van der Waals surface area contributed by atoms with Crippen LogP contribution in [0.5, 0.6) is 0 Å². The molecule has 0 bridgehead atoms. The molecule has 1 aromatic carbocycles. The number of aromatic nitrogens is 1. The maximum atomic E-state index is 11.2. The van der Waals surface area contributed by atoms with Crippen LogP contribution >= 0.6 is 0 Å². The lowest BCUT2D eigenvalue weighted by molar-refractivity contribution is -0.612. The molecule has 2 rings (SSSR count). The molecule has 0 saturated carbocycles.